The molecular weight excluding hydrogens is 224 g/mol. The molecule has 4 heteroatoms. The van der Waals surface area contributed by atoms with E-state index in [1.165, 1.54) is 0 Å². The molecule has 0 bridgehead atoms. The van der Waals surface area contributed by atoms with Crippen LogP contribution in [-0.4, -0.2) is 20.2 Å². The smallest absolute Gasteiger partial charge is 0.157 e. The predicted molar refractivity (Wildman–Crippen MR) is 71.3 cm³/mol. The first-order chi connectivity index (χ1) is 8.55. The Kier molecular flexibility index (Phi) is 2.26. The molecule has 18 heavy (non-hydrogen) atoms. The molecule has 90 valence electrons. The summed E-state index contributed by atoms with van der Waals surface area (Å²) in [5.74, 6) is 0.743. The molecule has 0 N–H and O–H groups in total. The van der Waals surface area contributed by atoms with Crippen molar-refractivity contribution in [2.24, 2.45) is 0 Å². The standard InChI is InChI=1S/C14H14N4/c1-14(2,3)13-16-11-8-15-10-7-5-4-6-9(10)12(11)17-18-13/h4-8H,1-3H3. The molecule has 4 nitrogen and oxygen atoms in total. The van der Waals surface area contributed by atoms with Crippen LogP contribution in [0.25, 0.3) is 21.9 Å². The topological polar surface area (TPSA) is 51.6 Å². The molecule has 3 rings (SSSR count). The zero-order valence-corrected chi connectivity index (χ0v) is 10.7. The molecule has 1 aromatic carbocycles. The van der Waals surface area contributed by atoms with Gasteiger partial charge in [0.05, 0.1) is 11.7 Å². The second-order valence-corrected chi connectivity index (χ2v) is 5.39. The minimum absolute atomic E-state index is 0.104. The van der Waals surface area contributed by atoms with Gasteiger partial charge in [-0.1, -0.05) is 39.0 Å². The van der Waals surface area contributed by atoms with E-state index in [0.717, 1.165) is 27.8 Å². The van der Waals surface area contributed by atoms with E-state index in [2.05, 4.69) is 40.9 Å². The van der Waals surface area contributed by atoms with E-state index < -0.39 is 0 Å². The number of hydrogen-bond donors (Lipinski definition) is 0. The van der Waals surface area contributed by atoms with Crippen LogP contribution in [0, 0.1) is 0 Å². The van der Waals surface area contributed by atoms with Crippen molar-refractivity contribution in [2.45, 2.75) is 26.2 Å². The highest BCUT2D eigenvalue weighted by Gasteiger charge is 2.18. The third-order valence-corrected chi connectivity index (χ3v) is 2.87. The molecule has 0 fully saturated rings. The molecule has 0 unspecified atom stereocenters. The molecular formula is C14H14N4. The van der Waals surface area contributed by atoms with Crippen LogP contribution >= 0.6 is 0 Å². The molecule has 0 atom stereocenters. The van der Waals surface area contributed by atoms with E-state index in [1.54, 1.807) is 6.20 Å². The Morgan fingerprint density at radius 1 is 0.944 bits per heavy atom. The highest BCUT2D eigenvalue weighted by Crippen LogP contribution is 2.22. The second kappa shape index (κ2) is 3.70. The first-order valence-corrected chi connectivity index (χ1v) is 5.94. The highest BCUT2D eigenvalue weighted by atomic mass is 15.2. The fourth-order valence-corrected chi connectivity index (χ4v) is 1.85. The summed E-state index contributed by atoms with van der Waals surface area (Å²) < 4.78 is 0. The van der Waals surface area contributed by atoms with Crippen molar-refractivity contribution in [1.82, 2.24) is 20.2 Å². The van der Waals surface area contributed by atoms with Crippen LogP contribution in [0.4, 0.5) is 0 Å². The Labute approximate surface area is 105 Å². The van der Waals surface area contributed by atoms with Crippen molar-refractivity contribution in [3.63, 3.8) is 0 Å². The average molecular weight is 238 g/mol. The first kappa shape index (κ1) is 11.0. The van der Waals surface area contributed by atoms with Gasteiger partial charge in [0.15, 0.2) is 5.82 Å². The van der Waals surface area contributed by atoms with Crippen molar-refractivity contribution in [3.8, 4) is 0 Å². The Hall–Kier alpha value is -2.10. The number of nitrogens with zero attached hydrogens (tertiary/aromatic N) is 4. The minimum atomic E-state index is -0.104. The van der Waals surface area contributed by atoms with E-state index >= 15 is 0 Å². The first-order valence-electron chi connectivity index (χ1n) is 5.94. The van der Waals surface area contributed by atoms with E-state index in [9.17, 15) is 0 Å². The molecule has 0 spiro atoms. The predicted octanol–water partition coefficient (Wildman–Crippen LogP) is 2.87. The van der Waals surface area contributed by atoms with Crippen LogP contribution < -0.4 is 0 Å². The Morgan fingerprint density at radius 3 is 2.50 bits per heavy atom. The van der Waals surface area contributed by atoms with E-state index in [-0.39, 0.29) is 5.41 Å². The molecule has 2 aromatic heterocycles. The Bertz CT molecular complexity index is 729. The quantitative estimate of drug-likeness (QED) is 0.565. The number of fused-ring (bicyclic) bond motifs is 3. The summed E-state index contributed by atoms with van der Waals surface area (Å²) in [5.41, 5.74) is 2.43. The molecule has 0 aliphatic rings. The lowest BCUT2D eigenvalue weighted by molar-refractivity contribution is 0.538. The summed E-state index contributed by atoms with van der Waals surface area (Å²) in [6, 6.07) is 7.90. The van der Waals surface area contributed by atoms with Gasteiger partial charge < -0.3 is 0 Å². The fourth-order valence-electron chi connectivity index (χ4n) is 1.85. The number of benzene rings is 1. The Balaban J connectivity index is 2.35. The minimum Gasteiger partial charge on any atom is -0.254 e. The van der Waals surface area contributed by atoms with Crippen LogP contribution in [0.15, 0.2) is 30.5 Å². The lowest BCUT2D eigenvalue weighted by Gasteiger charge is -2.15. The van der Waals surface area contributed by atoms with Crippen molar-refractivity contribution < 1.29 is 0 Å². The molecule has 0 radical (unpaired) electrons. The van der Waals surface area contributed by atoms with Crippen molar-refractivity contribution in [1.29, 1.82) is 0 Å². The zero-order valence-electron chi connectivity index (χ0n) is 10.7. The monoisotopic (exact) mass is 238 g/mol. The number of para-hydroxylation sites is 1. The maximum absolute atomic E-state index is 4.56. The molecule has 0 amide bonds. The Morgan fingerprint density at radius 2 is 1.72 bits per heavy atom. The van der Waals surface area contributed by atoms with Gasteiger partial charge in [-0.2, -0.15) is 0 Å². The summed E-state index contributed by atoms with van der Waals surface area (Å²) in [6.07, 6.45) is 1.77. The molecule has 0 aliphatic heterocycles. The van der Waals surface area contributed by atoms with Gasteiger partial charge in [0.2, 0.25) is 0 Å². The maximum atomic E-state index is 4.56. The van der Waals surface area contributed by atoms with Crippen LogP contribution in [0.2, 0.25) is 0 Å². The van der Waals surface area contributed by atoms with Crippen LogP contribution in [0.3, 0.4) is 0 Å². The normalized spacial score (nSPS) is 12.2. The molecule has 0 saturated heterocycles. The number of hydrogen-bond acceptors (Lipinski definition) is 4. The second-order valence-electron chi connectivity index (χ2n) is 5.39. The fraction of sp³-hybridized carbons (Fsp3) is 0.286. The lowest BCUT2D eigenvalue weighted by Crippen LogP contribution is -2.16. The largest absolute Gasteiger partial charge is 0.254 e. The van der Waals surface area contributed by atoms with Gasteiger partial charge in [0.25, 0.3) is 0 Å². The molecule has 0 aliphatic carbocycles. The summed E-state index contributed by atoms with van der Waals surface area (Å²) in [5, 5.41) is 9.56. The molecule has 0 saturated carbocycles. The van der Waals surface area contributed by atoms with Gasteiger partial charge in [0, 0.05) is 10.8 Å². The van der Waals surface area contributed by atoms with E-state index in [0.29, 0.717) is 0 Å². The summed E-state index contributed by atoms with van der Waals surface area (Å²) in [4.78, 5) is 8.96. The van der Waals surface area contributed by atoms with Crippen molar-refractivity contribution in [3.05, 3.63) is 36.3 Å². The molecule has 2 heterocycles. The number of rotatable bonds is 0. The van der Waals surface area contributed by atoms with Crippen LogP contribution in [0.1, 0.15) is 26.6 Å². The van der Waals surface area contributed by atoms with E-state index in [1.807, 2.05) is 24.3 Å². The van der Waals surface area contributed by atoms with Gasteiger partial charge in [0.1, 0.15) is 11.0 Å². The van der Waals surface area contributed by atoms with Gasteiger partial charge in [-0.3, -0.25) is 4.98 Å². The van der Waals surface area contributed by atoms with Crippen molar-refractivity contribution >= 4 is 21.9 Å². The number of aromatic nitrogens is 4. The summed E-state index contributed by atoms with van der Waals surface area (Å²) in [6.45, 7) is 6.22. The van der Waals surface area contributed by atoms with Gasteiger partial charge in [-0.25, -0.2) is 4.98 Å². The maximum Gasteiger partial charge on any atom is 0.157 e. The van der Waals surface area contributed by atoms with Gasteiger partial charge in [-0.15, -0.1) is 10.2 Å². The van der Waals surface area contributed by atoms with Crippen molar-refractivity contribution in [2.75, 3.05) is 0 Å². The molecule has 3 aromatic rings. The third kappa shape index (κ3) is 1.70. The van der Waals surface area contributed by atoms with Crippen LogP contribution in [-0.2, 0) is 5.41 Å². The number of pyridine rings is 1. The lowest BCUT2D eigenvalue weighted by atomic mass is 9.96. The third-order valence-electron chi connectivity index (χ3n) is 2.87. The van der Waals surface area contributed by atoms with Gasteiger partial charge in [-0.05, 0) is 6.07 Å². The zero-order chi connectivity index (χ0) is 12.8. The summed E-state index contributed by atoms with van der Waals surface area (Å²) >= 11 is 0. The van der Waals surface area contributed by atoms with Gasteiger partial charge >= 0.3 is 0 Å². The average Bonchev–Trinajstić information content (AvgIpc) is 2.37. The SMILES string of the molecule is CC(C)(C)c1nnc2c(cnc3ccccc32)n1. The van der Waals surface area contributed by atoms with Crippen LogP contribution in [0.5, 0.6) is 0 Å². The highest BCUT2D eigenvalue weighted by molar-refractivity contribution is 6.00. The summed E-state index contributed by atoms with van der Waals surface area (Å²) in [7, 11) is 0. The van der Waals surface area contributed by atoms with E-state index in [4.69, 9.17) is 0 Å².